The van der Waals surface area contributed by atoms with E-state index in [4.69, 9.17) is 15.6 Å². The molecule has 0 radical (unpaired) electrons. The SMILES string of the molecule is CCOc1ccc2c(N)c(C(=O)O)c(=O)n(CC)c2n1. The maximum Gasteiger partial charge on any atom is 0.343 e. The van der Waals surface area contributed by atoms with E-state index >= 15 is 0 Å². The highest BCUT2D eigenvalue weighted by atomic mass is 16.5. The molecule has 20 heavy (non-hydrogen) atoms. The number of aromatic carboxylic acids is 1. The molecule has 2 aromatic heterocycles. The Hall–Kier alpha value is -2.57. The quantitative estimate of drug-likeness (QED) is 0.866. The number of hydrogen-bond donors (Lipinski definition) is 2. The first-order valence-electron chi connectivity index (χ1n) is 6.20. The topological polar surface area (TPSA) is 107 Å². The van der Waals surface area contributed by atoms with E-state index in [2.05, 4.69) is 4.98 Å². The normalized spacial score (nSPS) is 10.7. The van der Waals surface area contributed by atoms with Gasteiger partial charge in [0.15, 0.2) is 0 Å². The van der Waals surface area contributed by atoms with E-state index < -0.39 is 17.1 Å². The third-order valence-electron chi connectivity index (χ3n) is 2.95. The number of carboxylic acid groups (broad SMARTS) is 1. The zero-order valence-corrected chi connectivity index (χ0v) is 11.2. The molecular weight excluding hydrogens is 262 g/mol. The van der Waals surface area contributed by atoms with Gasteiger partial charge in [0, 0.05) is 18.0 Å². The van der Waals surface area contributed by atoms with Crippen molar-refractivity contribution in [1.82, 2.24) is 9.55 Å². The van der Waals surface area contributed by atoms with E-state index in [-0.39, 0.29) is 5.69 Å². The highest BCUT2D eigenvalue weighted by molar-refractivity contribution is 6.02. The minimum Gasteiger partial charge on any atom is -0.478 e. The Balaban J connectivity index is 2.89. The van der Waals surface area contributed by atoms with Gasteiger partial charge in [-0.3, -0.25) is 9.36 Å². The number of pyridine rings is 2. The fourth-order valence-electron chi connectivity index (χ4n) is 2.06. The largest absolute Gasteiger partial charge is 0.478 e. The van der Waals surface area contributed by atoms with Crippen molar-refractivity contribution in [3.05, 3.63) is 28.0 Å². The second-order valence-corrected chi connectivity index (χ2v) is 4.10. The van der Waals surface area contributed by atoms with Gasteiger partial charge < -0.3 is 15.6 Å². The molecule has 0 fully saturated rings. The van der Waals surface area contributed by atoms with Gasteiger partial charge in [-0.15, -0.1) is 0 Å². The molecule has 0 atom stereocenters. The zero-order valence-electron chi connectivity index (χ0n) is 11.2. The van der Waals surface area contributed by atoms with Gasteiger partial charge in [-0.25, -0.2) is 4.79 Å². The van der Waals surface area contributed by atoms with Crippen LogP contribution in [0.1, 0.15) is 24.2 Å². The summed E-state index contributed by atoms with van der Waals surface area (Å²) >= 11 is 0. The number of aromatic nitrogens is 2. The molecule has 0 unspecified atom stereocenters. The summed E-state index contributed by atoms with van der Waals surface area (Å²) in [7, 11) is 0. The molecule has 0 bridgehead atoms. The molecule has 2 aromatic rings. The molecule has 0 saturated heterocycles. The number of carboxylic acids is 1. The van der Waals surface area contributed by atoms with Crippen LogP contribution in [-0.4, -0.2) is 27.2 Å². The van der Waals surface area contributed by atoms with Crippen LogP contribution in [0.15, 0.2) is 16.9 Å². The van der Waals surface area contributed by atoms with Crippen LogP contribution in [0.25, 0.3) is 11.0 Å². The number of fused-ring (bicyclic) bond motifs is 1. The smallest absolute Gasteiger partial charge is 0.343 e. The molecule has 3 N–H and O–H groups in total. The van der Waals surface area contributed by atoms with Crippen molar-refractivity contribution in [3.8, 4) is 5.88 Å². The molecule has 0 amide bonds. The number of nitrogens with two attached hydrogens (primary N) is 1. The van der Waals surface area contributed by atoms with Crippen molar-refractivity contribution in [1.29, 1.82) is 0 Å². The Labute approximate surface area is 114 Å². The lowest BCUT2D eigenvalue weighted by atomic mass is 10.1. The second-order valence-electron chi connectivity index (χ2n) is 4.10. The predicted molar refractivity (Wildman–Crippen MR) is 74.2 cm³/mol. The molecule has 0 aromatic carbocycles. The van der Waals surface area contributed by atoms with Crippen LogP contribution < -0.4 is 16.0 Å². The summed E-state index contributed by atoms with van der Waals surface area (Å²) in [6.45, 7) is 4.29. The second kappa shape index (κ2) is 5.20. The number of nitrogen functional groups attached to an aromatic ring is 1. The molecule has 2 heterocycles. The molecule has 0 aliphatic heterocycles. The number of carbonyl (C=O) groups is 1. The third-order valence-corrected chi connectivity index (χ3v) is 2.95. The van der Waals surface area contributed by atoms with Crippen molar-refractivity contribution in [3.63, 3.8) is 0 Å². The summed E-state index contributed by atoms with van der Waals surface area (Å²) < 4.78 is 6.56. The summed E-state index contributed by atoms with van der Waals surface area (Å²) in [5.41, 5.74) is 4.96. The molecule has 0 aliphatic carbocycles. The number of ether oxygens (including phenoxy) is 1. The Morgan fingerprint density at radius 2 is 2.15 bits per heavy atom. The Morgan fingerprint density at radius 3 is 2.70 bits per heavy atom. The maximum absolute atomic E-state index is 12.2. The number of rotatable bonds is 4. The first-order chi connectivity index (χ1) is 9.51. The summed E-state index contributed by atoms with van der Waals surface area (Å²) in [6, 6.07) is 3.21. The molecule has 2 rings (SSSR count). The third kappa shape index (κ3) is 2.07. The van der Waals surface area contributed by atoms with E-state index in [1.165, 1.54) is 4.57 Å². The Bertz CT molecular complexity index is 736. The van der Waals surface area contributed by atoms with Gasteiger partial charge in [0.05, 0.1) is 12.3 Å². The highest BCUT2D eigenvalue weighted by Gasteiger charge is 2.20. The number of anilines is 1. The van der Waals surface area contributed by atoms with Gasteiger partial charge in [-0.05, 0) is 19.9 Å². The van der Waals surface area contributed by atoms with Crippen LogP contribution in [0.4, 0.5) is 5.69 Å². The van der Waals surface area contributed by atoms with Crippen LogP contribution >= 0.6 is 0 Å². The fourth-order valence-corrected chi connectivity index (χ4v) is 2.06. The van der Waals surface area contributed by atoms with Crippen LogP contribution in [0.5, 0.6) is 5.88 Å². The summed E-state index contributed by atoms with van der Waals surface area (Å²) in [4.78, 5) is 27.6. The van der Waals surface area contributed by atoms with E-state index in [0.29, 0.717) is 30.1 Å². The lowest BCUT2D eigenvalue weighted by Gasteiger charge is -2.12. The van der Waals surface area contributed by atoms with Gasteiger partial charge in [-0.1, -0.05) is 0 Å². The van der Waals surface area contributed by atoms with E-state index in [1.807, 2.05) is 6.92 Å². The zero-order chi connectivity index (χ0) is 14.9. The van der Waals surface area contributed by atoms with Crippen LogP contribution in [-0.2, 0) is 6.54 Å². The van der Waals surface area contributed by atoms with Gasteiger partial charge >= 0.3 is 5.97 Å². The molecular formula is C13H15N3O4. The molecule has 0 saturated carbocycles. The minimum atomic E-state index is -1.34. The van der Waals surface area contributed by atoms with Crippen molar-refractivity contribution < 1.29 is 14.6 Å². The van der Waals surface area contributed by atoms with E-state index in [0.717, 1.165) is 0 Å². The standard InChI is InChI=1S/C13H15N3O4/c1-3-16-11-7(5-6-8(15-11)20-4-2)10(14)9(12(16)17)13(18)19/h5-6H,3-4,14H2,1-2H3,(H,18,19). The number of hydrogen-bond acceptors (Lipinski definition) is 5. The van der Waals surface area contributed by atoms with Crippen molar-refractivity contribution in [2.45, 2.75) is 20.4 Å². The van der Waals surface area contributed by atoms with Gasteiger partial charge in [0.1, 0.15) is 11.2 Å². The monoisotopic (exact) mass is 277 g/mol. The van der Waals surface area contributed by atoms with Crippen LogP contribution in [0.2, 0.25) is 0 Å². The maximum atomic E-state index is 12.2. The van der Waals surface area contributed by atoms with Crippen molar-refractivity contribution in [2.75, 3.05) is 12.3 Å². The lowest BCUT2D eigenvalue weighted by molar-refractivity contribution is 0.0695. The van der Waals surface area contributed by atoms with Crippen LogP contribution in [0.3, 0.4) is 0 Å². The molecule has 7 heteroatoms. The molecule has 0 spiro atoms. The van der Waals surface area contributed by atoms with E-state index in [1.54, 1.807) is 19.1 Å². The average molecular weight is 277 g/mol. The molecule has 7 nitrogen and oxygen atoms in total. The minimum absolute atomic E-state index is 0.0715. The average Bonchev–Trinajstić information content (AvgIpc) is 2.39. The fraction of sp³-hybridized carbons (Fsp3) is 0.308. The van der Waals surface area contributed by atoms with Crippen LogP contribution in [0, 0.1) is 0 Å². The molecule has 0 aliphatic rings. The number of aryl methyl sites for hydroxylation is 1. The molecule has 106 valence electrons. The van der Waals surface area contributed by atoms with Gasteiger partial charge in [0.2, 0.25) is 5.88 Å². The summed E-state index contributed by atoms with van der Waals surface area (Å²) in [6.07, 6.45) is 0. The predicted octanol–water partition coefficient (Wildman–Crippen LogP) is 1.10. The van der Waals surface area contributed by atoms with E-state index in [9.17, 15) is 9.59 Å². The van der Waals surface area contributed by atoms with Gasteiger partial charge in [0.25, 0.3) is 5.56 Å². The van der Waals surface area contributed by atoms with Crippen molar-refractivity contribution >= 4 is 22.7 Å². The van der Waals surface area contributed by atoms with Crippen molar-refractivity contribution in [2.24, 2.45) is 0 Å². The Morgan fingerprint density at radius 1 is 1.45 bits per heavy atom. The number of nitrogens with zero attached hydrogens (tertiary/aromatic N) is 2. The summed E-state index contributed by atoms with van der Waals surface area (Å²) in [5.74, 6) is -0.977. The highest BCUT2D eigenvalue weighted by Crippen LogP contribution is 2.23. The first-order valence-corrected chi connectivity index (χ1v) is 6.20. The Kier molecular flexibility index (Phi) is 3.60. The summed E-state index contributed by atoms with van der Waals surface area (Å²) in [5, 5.41) is 9.55. The first kappa shape index (κ1) is 13.9. The lowest BCUT2D eigenvalue weighted by Crippen LogP contribution is -2.28. The van der Waals surface area contributed by atoms with Gasteiger partial charge in [-0.2, -0.15) is 4.98 Å².